The van der Waals surface area contributed by atoms with Gasteiger partial charge >= 0.3 is 0 Å². The molecule has 1 saturated heterocycles. The Labute approximate surface area is 96.2 Å². The fraction of sp³-hybridized carbons (Fsp3) is 0.273. The second kappa shape index (κ2) is 4.48. The lowest BCUT2D eigenvalue weighted by atomic mass is 10.2. The maximum atomic E-state index is 13.5. The van der Waals surface area contributed by atoms with Crippen molar-refractivity contribution in [2.24, 2.45) is 0 Å². The zero-order valence-corrected chi connectivity index (χ0v) is 8.87. The zero-order chi connectivity index (χ0) is 12.4. The van der Waals surface area contributed by atoms with Crippen LogP contribution in [0.4, 0.5) is 14.5 Å². The van der Waals surface area contributed by atoms with E-state index < -0.39 is 17.5 Å². The van der Waals surface area contributed by atoms with Gasteiger partial charge in [-0.3, -0.25) is 9.59 Å². The van der Waals surface area contributed by atoms with Crippen LogP contribution in [0.2, 0.25) is 0 Å². The molecule has 1 aliphatic rings. The number of nitrogens with one attached hydrogen (secondary N) is 1. The summed E-state index contributed by atoms with van der Waals surface area (Å²) in [6.45, 7) is -0.153. The molecule has 2 amide bonds. The number of amides is 2. The molecule has 0 radical (unpaired) electrons. The van der Waals surface area contributed by atoms with Crippen LogP contribution in [0, 0.1) is 11.6 Å². The van der Waals surface area contributed by atoms with Crippen LogP contribution in [0.5, 0.6) is 0 Å². The molecule has 1 heterocycles. The summed E-state index contributed by atoms with van der Waals surface area (Å²) in [4.78, 5) is 23.8. The minimum atomic E-state index is -1.07. The molecular weight excluding hydrogens is 230 g/mol. The zero-order valence-electron chi connectivity index (χ0n) is 8.87. The number of nitrogens with zero attached hydrogens (tertiary/aromatic N) is 1. The van der Waals surface area contributed by atoms with Gasteiger partial charge in [0.1, 0.15) is 0 Å². The van der Waals surface area contributed by atoms with E-state index in [2.05, 4.69) is 5.32 Å². The number of halogens is 2. The smallest absolute Gasteiger partial charge is 0.246 e. The number of carbonyl (C=O) groups is 2. The molecule has 0 atom stereocenters. The SMILES string of the molecule is O=C1CCN(c2cccc(F)c2F)C(=O)CN1. The Hall–Kier alpha value is -1.98. The first-order chi connectivity index (χ1) is 8.09. The average molecular weight is 240 g/mol. The lowest BCUT2D eigenvalue weighted by Crippen LogP contribution is -2.35. The first kappa shape index (κ1) is 11.5. The van der Waals surface area contributed by atoms with Crippen molar-refractivity contribution in [3.05, 3.63) is 29.8 Å². The predicted molar refractivity (Wildman–Crippen MR) is 56.3 cm³/mol. The van der Waals surface area contributed by atoms with Gasteiger partial charge in [0.15, 0.2) is 11.6 Å². The van der Waals surface area contributed by atoms with E-state index in [1.807, 2.05) is 0 Å². The first-order valence-electron chi connectivity index (χ1n) is 5.10. The van der Waals surface area contributed by atoms with Gasteiger partial charge in [0.05, 0.1) is 12.2 Å². The Bertz CT molecular complexity index is 477. The van der Waals surface area contributed by atoms with Crippen LogP contribution >= 0.6 is 0 Å². The summed E-state index contributed by atoms with van der Waals surface area (Å²) < 4.78 is 26.6. The van der Waals surface area contributed by atoms with Crippen molar-refractivity contribution >= 4 is 17.5 Å². The molecule has 17 heavy (non-hydrogen) atoms. The number of benzene rings is 1. The molecular formula is C11H10F2N2O2. The lowest BCUT2D eigenvalue weighted by molar-refractivity contribution is -0.123. The molecule has 0 spiro atoms. The molecule has 1 aliphatic heterocycles. The van der Waals surface area contributed by atoms with Crippen molar-refractivity contribution < 1.29 is 18.4 Å². The van der Waals surface area contributed by atoms with Gasteiger partial charge in [0, 0.05) is 13.0 Å². The highest BCUT2D eigenvalue weighted by Crippen LogP contribution is 2.22. The Balaban J connectivity index is 2.34. The minimum absolute atomic E-state index is 0.0467. The summed E-state index contributed by atoms with van der Waals surface area (Å²) in [7, 11) is 0. The first-order valence-corrected chi connectivity index (χ1v) is 5.10. The van der Waals surface area contributed by atoms with Crippen LogP contribution in [0.3, 0.4) is 0 Å². The van der Waals surface area contributed by atoms with Crippen molar-refractivity contribution in [1.82, 2.24) is 5.32 Å². The molecule has 0 aliphatic carbocycles. The Morgan fingerprint density at radius 1 is 1.24 bits per heavy atom. The van der Waals surface area contributed by atoms with Crippen LogP contribution in [0.25, 0.3) is 0 Å². The molecule has 1 N–H and O–H groups in total. The van der Waals surface area contributed by atoms with E-state index in [0.29, 0.717) is 0 Å². The summed E-state index contributed by atoms with van der Waals surface area (Å²) in [6.07, 6.45) is 0.0711. The highest BCUT2D eigenvalue weighted by molar-refractivity contribution is 5.98. The summed E-state index contributed by atoms with van der Waals surface area (Å²) in [5.41, 5.74) is -0.133. The van der Waals surface area contributed by atoms with Crippen molar-refractivity contribution in [3.63, 3.8) is 0 Å². The van der Waals surface area contributed by atoms with Gasteiger partial charge in [-0.1, -0.05) is 6.07 Å². The molecule has 1 aromatic carbocycles. The molecule has 90 valence electrons. The number of hydrogen-bond donors (Lipinski definition) is 1. The molecule has 0 saturated carbocycles. The highest BCUT2D eigenvalue weighted by Gasteiger charge is 2.24. The van der Waals surface area contributed by atoms with Gasteiger partial charge in [-0.15, -0.1) is 0 Å². The van der Waals surface area contributed by atoms with E-state index in [9.17, 15) is 18.4 Å². The predicted octanol–water partition coefficient (Wildman–Crippen LogP) is 0.818. The van der Waals surface area contributed by atoms with E-state index in [4.69, 9.17) is 0 Å². The second-order valence-corrected chi connectivity index (χ2v) is 3.65. The van der Waals surface area contributed by atoms with E-state index in [-0.39, 0.29) is 31.1 Å². The third-order valence-electron chi connectivity index (χ3n) is 2.52. The summed E-state index contributed by atoms with van der Waals surface area (Å²) >= 11 is 0. The summed E-state index contributed by atoms with van der Waals surface area (Å²) in [5.74, 6) is -2.83. The molecule has 6 heteroatoms. The minimum Gasteiger partial charge on any atom is -0.347 e. The molecule has 0 aromatic heterocycles. The second-order valence-electron chi connectivity index (χ2n) is 3.65. The van der Waals surface area contributed by atoms with Gasteiger partial charge in [0.25, 0.3) is 0 Å². The summed E-state index contributed by atoms with van der Waals surface area (Å²) in [5, 5.41) is 2.38. The van der Waals surface area contributed by atoms with Crippen LogP contribution in [0.15, 0.2) is 18.2 Å². The largest absolute Gasteiger partial charge is 0.347 e. The van der Waals surface area contributed by atoms with E-state index in [1.54, 1.807) is 0 Å². The van der Waals surface area contributed by atoms with Crippen LogP contribution in [0.1, 0.15) is 6.42 Å². The van der Waals surface area contributed by atoms with Gasteiger partial charge in [-0.25, -0.2) is 8.78 Å². The Morgan fingerprint density at radius 3 is 2.76 bits per heavy atom. The quantitative estimate of drug-likeness (QED) is 0.790. The van der Waals surface area contributed by atoms with Crippen molar-refractivity contribution in [2.45, 2.75) is 6.42 Å². The Morgan fingerprint density at radius 2 is 2.00 bits per heavy atom. The normalized spacial score (nSPS) is 16.7. The fourth-order valence-electron chi connectivity index (χ4n) is 1.65. The highest BCUT2D eigenvalue weighted by atomic mass is 19.2. The van der Waals surface area contributed by atoms with Gasteiger partial charge in [-0.2, -0.15) is 0 Å². The Kier molecular flexibility index (Phi) is 3.03. The van der Waals surface area contributed by atoms with E-state index >= 15 is 0 Å². The van der Waals surface area contributed by atoms with E-state index in [1.165, 1.54) is 12.1 Å². The van der Waals surface area contributed by atoms with Crippen molar-refractivity contribution in [2.75, 3.05) is 18.0 Å². The topological polar surface area (TPSA) is 49.4 Å². The molecule has 0 unspecified atom stereocenters. The molecule has 4 nitrogen and oxygen atoms in total. The summed E-state index contributed by atoms with van der Waals surface area (Å²) in [6, 6.07) is 3.61. The van der Waals surface area contributed by atoms with Crippen LogP contribution in [-0.2, 0) is 9.59 Å². The van der Waals surface area contributed by atoms with Gasteiger partial charge in [0.2, 0.25) is 11.8 Å². The van der Waals surface area contributed by atoms with Gasteiger partial charge < -0.3 is 10.2 Å². The van der Waals surface area contributed by atoms with Crippen molar-refractivity contribution in [3.8, 4) is 0 Å². The van der Waals surface area contributed by atoms with Crippen molar-refractivity contribution in [1.29, 1.82) is 0 Å². The lowest BCUT2D eigenvalue weighted by Gasteiger charge is -2.20. The number of anilines is 1. The number of hydrogen-bond acceptors (Lipinski definition) is 2. The third-order valence-corrected chi connectivity index (χ3v) is 2.52. The molecule has 2 rings (SSSR count). The average Bonchev–Trinajstić information content (AvgIpc) is 2.46. The molecule has 0 bridgehead atoms. The fourth-order valence-corrected chi connectivity index (χ4v) is 1.65. The third kappa shape index (κ3) is 2.25. The molecule has 1 fully saturated rings. The van der Waals surface area contributed by atoms with Crippen LogP contribution < -0.4 is 10.2 Å². The maximum Gasteiger partial charge on any atom is 0.246 e. The molecule has 1 aromatic rings. The number of rotatable bonds is 1. The van der Waals surface area contributed by atoms with Gasteiger partial charge in [-0.05, 0) is 12.1 Å². The van der Waals surface area contributed by atoms with E-state index in [0.717, 1.165) is 11.0 Å². The standard InChI is InChI=1S/C11H10F2N2O2/c12-7-2-1-3-8(11(7)13)15-5-4-9(16)14-6-10(15)17/h1-3H,4-6H2,(H,14,16). The van der Waals surface area contributed by atoms with Crippen LogP contribution in [-0.4, -0.2) is 24.9 Å². The maximum absolute atomic E-state index is 13.5. The monoisotopic (exact) mass is 240 g/mol. The number of carbonyl (C=O) groups excluding carboxylic acids is 2.